The monoisotopic (exact) mass is 453 g/mol. The van der Waals surface area contributed by atoms with Crippen molar-refractivity contribution in [3.8, 4) is 11.8 Å². The molecular weight excluding hydrogens is 430 g/mol. The number of nitrogens with zero attached hydrogens (tertiary/aromatic N) is 3. The van der Waals surface area contributed by atoms with E-state index in [1.54, 1.807) is 0 Å². The van der Waals surface area contributed by atoms with Gasteiger partial charge in [0.15, 0.2) is 30.2 Å². The van der Waals surface area contributed by atoms with Crippen molar-refractivity contribution in [1.29, 1.82) is 0 Å². The van der Waals surface area contributed by atoms with Gasteiger partial charge < -0.3 is 28.8 Å². The van der Waals surface area contributed by atoms with Crippen molar-refractivity contribution in [2.75, 3.05) is 13.7 Å². The lowest BCUT2D eigenvalue weighted by Gasteiger charge is -2.40. The van der Waals surface area contributed by atoms with Gasteiger partial charge in [0.05, 0.1) is 19.9 Å². The molecule has 13 heteroatoms. The molecule has 3 rings (SSSR count). The maximum absolute atomic E-state index is 12.7. The predicted molar refractivity (Wildman–Crippen MR) is 105 cm³/mol. The third kappa shape index (κ3) is 4.23. The molecule has 4 atom stereocenters. The molecule has 2 aromatic heterocycles. The Morgan fingerprint density at radius 2 is 1.69 bits per heavy atom. The van der Waals surface area contributed by atoms with Gasteiger partial charge in [-0.1, -0.05) is 0 Å². The Balaban J connectivity index is 2.17. The Hall–Kier alpha value is -3.61. The fourth-order valence-electron chi connectivity index (χ4n) is 3.58. The molecule has 0 aliphatic carbocycles. The van der Waals surface area contributed by atoms with Crippen LogP contribution in [-0.2, 0) is 40.4 Å². The van der Waals surface area contributed by atoms with Crippen LogP contribution in [0.3, 0.4) is 0 Å². The molecule has 1 fully saturated rings. The molecule has 13 nitrogen and oxygen atoms in total. The first kappa shape index (κ1) is 23.1. The first-order valence-corrected chi connectivity index (χ1v) is 9.52. The van der Waals surface area contributed by atoms with E-state index in [1.165, 1.54) is 31.8 Å². The van der Waals surface area contributed by atoms with Crippen LogP contribution >= 0.6 is 0 Å². The lowest BCUT2D eigenvalue weighted by Crippen LogP contribution is -2.55. The number of hydrogen-bond acceptors (Lipinski definition) is 11. The highest BCUT2D eigenvalue weighted by molar-refractivity contribution is 5.83. The average molecular weight is 453 g/mol. The molecule has 3 heterocycles. The number of esters is 3. The first-order chi connectivity index (χ1) is 15.0. The van der Waals surface area contributed by atoms with Crippen LogP contribution < -0.4 is 10.3 Å². The predicted octanol–water partition coefficient (Wildman–Crippen LogP) is -0.227. The van der Waals surface area contributed by atoms with Crippen LogP contribution in [0.1, 0.15) is 27.0 Å². The number of rotatable bonds is 5. The van der Waals surface area contributed by atoms with Crippen LogP contribution in [0, 0.1) is 0 Å². The first-order valence-electron chi connectivity index (χ1n) is 9.52. The summed E-state index contributed by atoms with van der Waals surface area (Å²) in [6.07, 6.45) is -3.62. The number of aromatic nitrogens is 3. The molecule has 0 aromatic carbocycles. The van der Waals surface area contributed by atoms with Crippen LogP contribution in [0.2, 0.25) is 0 Å². The van der Waals surface area contributed by atoms with E-state index in [4.69, 9.17) is 23.7 Å². The van der Waals surface area contributed by atoms with Crippen molar-refractivity contribution in [2.24, 2.45) is 7.05 Å². The number of ether oxygens (including phenoxy) is 5. The smallest absolute Gasteiger partial charge is 0.303 e. The molecule has 174 valence electrons. The summed E-state index contributed by atoms with van der Waals surface area (Å²) in [4.78, 5) is 52.0. The number of carbonyl (C=O) groups excluding carboxylic acids is 3. The zero-order valence-corrected chi connectivity index (χ0v) is 18.1. The Bertz CT molecular complexity index is 1120. The maximum Gasteiger partial charge on any atom is 0.303 e. The molecule has 32 heavy (non-hydrogen) atoms. The van der Waals surface area contributed by atoms with Gasteiger partial charge in [-0.15, -0.1) is 0 Å². The summed E-state index contributed by atoms with van der Waals surface area (Å²) in [5, 5.41) is 10.3. The lowest BCUT2D eigenvalue weighted by atomic mass is 10.0. The molecule has 1 N–H and O–H groups in total. The van der Waals surface area contributed by atoms with E-state index in [1.807, 2.05) is 0 Å². The Labute approximate surface area is 181 Å². The minimum absolute atomic E-state index is 0.0166. The van der Waals surface area contributed by atoms with E-state index < -0.39 is 53.8 Å². The van der Waals surface area contributed by atoms with Gasteiger partial charge in [-0.05, 0) is 0 Å². The van der Waals surface area contributed by atoms with Crippen molar-refractivity contribution in [1.82, 2.24) is 14.1 Å². The van der Waals surface area contributed by atoms with Gasteiger partial charge in [0.2, 0.25) is 0 Å². The highest BCUT2D eigenvalue weighted by atomic mass is 16.6. The summed E-state index contributed by atoms with van der Waals surface area (Å²) < 4.78 is 29.1. The van der Waals surface area contributed by atoms with Crippen molar-refractivity contribution in [2.45, 2.75) is 45.3 Å². The summed E-state index contributed by atoms with van der Waals surface area (Å²) in [6.45, 7) is 3.22. The van der Waals surface area contributed by atoms with Gasteiger partial charge in [-0.25, -0.2) is 0 Å². The standard InChI is InChI=1S/C19H23N3O10/c1-8(23)30-12-7-29-18(15(32-10(3)25)14(12)31-9(2)24)22-6-11(26)13-16(22)20-19(28-5)21(4)17(13)27/h6,12,14-15,18,26H,7H2,1-5H3/t12-,14+,15+,18+/m0/s1. The summed E-state index contributed by atoms with van der Waals surface area (Å²) in [7, 11) is 2.74. The third-order valence-corrected chi connectivity index (χ3v) is 4.77. The summed E-state index contributed by atoms with van der Waals surface area (Å²) >= 11 is 0. The highest BCUT2D eigenvalue weighted by Crippen LogP contribution is 2.35. The molecule has 0 saturated carbocycles. The quantitative estimate of drug-likeness (QED) is 0.471. The van der Waals surface area contributed by atoms with Crippen molar-refractivity contribution >= 4 is 28.9 Å². The summed E-state index contributed by atoms with van der Waals surface area (Å²) in [6, 6.07) is -0.0454. The van der Waals surface area contributed by atoms with E-state index in [2.05, 4.69) is 4.98 Å². The van der Waals surface area contributed by atoms with Crippen LogP contribution in [0.5, 0.6) is 11.8 Å². The Morgan fingerprint density at radius 1 is 1.09 bits per heavy atom. The summed E-state index contributed by atoms with van der Waals surface area (Å²) in [5.74, 6) is -2.49. The second-order valence-corrected chi connectivity index (χ2v) is 7.10. The highest BCUT2D eigenvalue weighted by Gasteiger charge is 2.48. The van der Waals surface area contributed by atoms with Gasteiger partial charge in [-0.2, -0.15) is 4.98 Å². The topological polar surface area (TPSA) is 157 Å². The number of methoxy groups -OCH3 is 1. The average Bonchev–Trinajstić information content (AvgIpc) is 3.02. The molecule has 1 saturated heterocycles. The van der Waals surface area contributed by atoms with Crippen molar-refractivity contribution < 1.29 is 43.2 Å². The van der Waals surface area contributed by atoms with Gasteiger partial charge in [0, 0.05) is 27.8 Å². The van der Waals surface area contributed by atoms with E-state index in [9.17, 15) is 24.3 Å². The third-order valence-electron chi connectivity index (χ3n) is 4.77. The zero-order valence-electron chi connectivity index (χ0n) is 18.1. The maximum atomic E-state index is 12.7. The normalized spacial score (nSPS) is 22.9. The molecule has 0 bridgehead atoms. The van der Waals surface area contributed by atoms with Gasteiger partial charge in [-0.3, -0.25) is 28.3 Å². The van der Waals surface area contributed by atoms with Gasteiger partial charge in [0.25, 0.3) is 5.56 Å². The van der Waals surface area contributed by atoms with E-state index in [0.29, 0.717) is 0 Å². The van der Waals surface area contributed by atoms with Gasteiger partial charge in [0.1, 0.15) is 11.1 Å². The molecule has 2 aromatic rings. The SMILES string of the molecule is COc1nc2c(c(O)cn2[C@@H]2OC[C@H](OC(C)=O)[C@@H](OC(C)=O)[C@H]2OC(C)=O)c(=O)n1C. The lowest BCUT2D eigenvalue weighted by molar-refractivity contribution is -0.239. The largest absolute Gasteiger partial charge is 0.505 e. The van der Waals surface area contributed by atoms with Crippen molar-refractivity contribution in [3.63, 3.8) is 0 Å². The molecule has 0 spiro atoms. The summed E-state index contributed by atoms with van der Waals surface area (Å²) in [5.41, 5.74) is -0.602. The second kappa shape index (κ2) is 8.86. The molecule has 0 amide bonds. The van der Waals surface area contributed by atoms with Crippen LogP contribution in [0.4, 0.5) is 0 Å². The fourth-order valence-corrected chi connectivity index (χ4v) is 3.58. The number of carbonyl (C=O) groups is 3. The number of aromatic hydroxyl groups is 1. The second-order valence-electron chi connectivity index (χ2n) is 7.10. The number of fused-ring (bicyclic) bond motifs is 1. The van der Waals surface area contributed by atoms with Gasteiger partial charge >= 0.3 is 23.9 Å². The molecule has 0 unspecified atom stereocenters. The molecule has 1 aliphatic heterocycles. The van der Waals surface area contributed by atoms with Crippen molar-refractivity contribution in [3.05, 3.63) is 16.6 Å². The Morgan fingerprint density at radius 3 is 2.25 bits per heavy atom. The Kier molecular flexibility index (Phi) is 6.39. The molecule has 1 aliphatic rings. The van der Waals surface area contributed by atoms with Crippen LogP contribution in [-0.4, -0.2) is 69.2 Å². The molecule has 0 radical (unpaired) electrons. The van der Waals surface area contributed by atoms with E-state index in [0.717, 1.165) is 18.4 Å². The van der Waals surface area contributed by atoms with Crippen LogP contribution in [0.15, 0.2) is 11.0 Å². The number of hydrogen-bond donors (Lipinski definition) is 1. The molecular formula is C19H23N3O10. The minimum Gasteiger partial charge on any atom is -0.505 e. The minimum atomic E-state index is -1.30. The fraction of sp³-hybridized carbons (Fsp3) is 0.526. The van der Waals surface area contributed by atoms with E-state index in [-0.39, 0.29) is 23.7 Å². The van der Waals surface area contributed by atoms with E-state index >= 15 is 0 Å². The zero-order chi connectivity index (χ0) is 23.7. The van der Waals surface area contributed by atoms with Crippen LogP contribution in [0.25, 0.3) is 11.0 Å².